The molecule has 0 aliphatic carbocycles. The lowest BCUT2D eigenvalue weighted by Gasteiger charge is -2.31. The highest BCUT2D eigenvalue weighted by molar-refractivity contribution is 9.11. The van der Waals surface area contributed by atoms with Gasteiger partial charge >= 0.3 is 0 Å². The van der Waals surface area contributed by atoms with Crippen LogP contribution in [0.3, 0.4) is 0 Å². The second-order valence-corrected chi connectivity index (χ2v) is 5.47. The number of β-amino-alcohol motifs (C(OH)–C–C–N with tert-alkyl or cyclic N) is 1. The van der Waals surface area contributed by atoms with Crippen LogP contribution in [0.15, 0.2) is 21.2 Å². The highest BCUT2D eigenvalue weighted by Crippen LogP contribution is 2.28. The van der Waals surface area contributed by atoms with Crippen LogP contribution in [-0.2, 0) is 0 Å². The van der Waals surface area contributed by atoms with Crippen LogP contribution in [0.25, 0.3) is 0 Å². The molecule has 1 aliphatic heterocycles. The molecule has 0 radical (unpaired) electrons. The van der Waals surface area contributed by atoms with E-state index in [1.54, 1.807) is 6.20 Å². The number of piperidine rings is 1. The number of hydrogen-bond acceptors (Lipinski definition) is 3. The zero-order valence-electron chi connectivity index (χ0n) is 8.16. The van der Waals surface area contributed by atoms with Crippen LogP contribution in [-0.4, -0.2) is 29.3 Å². The Bertz CT molecular complexity index is 359. The van der Waals surface area contributed by atoms with Gasteiger partial charge in [-0.3, -0.25) is 0 Å². The van der Waals surface area contributed by atoms with Gasteiger partial charge in [0.05, 0.1) is 10.6 Å². The maximum atomic E-state index is 9.59. The molecular formula is C10H12Br2N2O. The average Bonchev–Trinajstić information content (AvgIpc) is 2.17. The summed E-state index contributed by atoms with van der Waals surface area (Å²) in [5, 5.41) is 9.59. The quantitative estimate of drug-likeness (QED) is 0.857. The first-order chi connectivity index (χ1) is 7.16. The largest absolute Gasteiger partial charge is 0.391 e. The molecule has 0 saturated carbocycles. The third kappa shape index (κ3) is 2.71. The smallest absolute Gasteiger partial charge is 0.143 e. The van der Waals surface area contributed by atoms with Gasteiger partial charge in [0.25, 0.3) is 0 Å². The van der Waals surface area contributed by atoms with E-state index in [4.69, 9.17) is 0 Å². The van der Waals surface area contributed by atoms with Gasteiger partial charge in [0, 0.05) is 23.8 Å². The minimum absolute atomic E-state index is 0.226. The second kappa shape index (κ2) is 4.80. The maximum absolute atomic E-state index is 9.59. The molecule has 1 unspecified atom stereocenters. The van der Waals surface area contributed by atoms with Crippen molar-refractivity contribution >= 4 is 37.7 Å². The second-order valence-electron chi connectivity index (χ2n) is 3.70. The summed E-state index contributed by atoms with van der Waals surface area (Å²) in [6.45, 7) is 1.64. The summed E-state index contributed by atoms with van der Waals surface area (Å²) >= 11 is 6.86. The monoisotopic (exact) mass is 334 g/mol. The lowest BCUT2D eigenvalue weighted by Crippen LogP contribution is -2.38. The summed E-state index contributed by atoms with van der Waals surface area (Å²) in [6, 6.07) is 1.98. The van der Waals surface area contributed by atoms with E-state index < -0.39 is 0 Å². The van der Waals surface area contributed by atoms with E-state index in [1.807, 2.05) is 6.07 Å². The molecule has 1 aromatic heterocycles. The van der Waals surface area contributed by atoms with Gasteiger partial charge < -0.3 is 10.0 Å². The Balaban J connectivity index is 2.21. The van der Waals surface area contributed by atoms with Crippen molar-refractivity contribution in [1.29, 1.82) is 0 Å². The topological polar surface area (TPSA) is 36.4 Å². The van der Waals surface area contributed by atoms with Crippen molar-refractivity contribution in [2.24, 2.45) is 0 Å². The highest BCUT2D eigenvalue weighted by atomic mass is 79.9. The first-order valence-electron chi connectivity index (χ1n) is 4.91. The Morgan fingerprint density at radius 3 is 2.93 bits per heavy atom. The third-order valence-corrected chi connectivity index (χ3v) is 3.50. The molecule has 5 heteroatoms. The summed E-state index contributed by atoms with van der Waals surface area (Å²) in [4.78, 5) is 6.47. The minimum Gasteiger partial charge on any atom is -0.391 e. The van der Waals surface area contributed by atoms with Crippen LogP contribution < -0.4 is 4.90 Å². The number of aromatic nitrogens is 1. The van der Waals surface area contributed by atoms with Crippen LogP contribution in [0.2, 0.25) is 0 Å². The minimum atomic E-state index is -0.226. The molecule has 1 aromatic rings. The van der Waals surface area contributed by atoms with Gasteiger partial charge in [-0.25, -0.2) is 4.98 Å². The summed E-state index contributed by atoms with van der Waals surface area (Å²) < 4.78 is 1.92. The van der Waals surface area contributed by atoms with Crippen LogP contribution in [0.4, 0.5) is 5.82 Å². The normalized spacial score (nSPS) is 21.8. The summed E-state index contributed by atoms with van der Waals surface area (Å²) in [5.41, 5.74) is 0. The predicted molar refractivity (Wildman–Crippen MR) is 67.1 cm³/mol. The number of hydrogen-bond donors (Lipinski definition) is 1. The van der Waals surface area contributed by atoms with Gasteiger partial charge in [-0.2, -0.15) is 0 Å². The van der Waals surface area contributed by atoms with E-state index in [1.165, 1.54) is 0 Å². The van der Waals surface area contributed by atoms with Gasteiger partial charge in [0.15, 0.2) is 0 Å². The predicted octanol–water partition coefficient (Wildman–Crippen LogP) is 2.57. The number of aliphatic hydroxyl groups excluding tert-OH is 1. The van der Waals surface area contributed by atoms with Gasteiger partial charge in [0.2, 0.25) is 0 Å². The van der Waals surface area contributed by atoms with E-state index in [0.717, 1.165) is 34.1 Å². The van der Waals surface area contributed by atoms with Crippen molar-refractivity contribution in [1.82, 2.24) is 4.98 Å². The fraction of sp³-hybridized carbons (Fsp3) is 0.500. The SMILES string of the molecule is OC1CCCN(c2ncc(Br)cc2Br)C1. The van der Waals surface area contributed by atoms with E-state index in [-0.39, 0.29) is 6.10 Å². The molecule has 0 amide bonds. The number of anilines is 1. The van der Waals surface area contributed by atoms with Gasteiger partial charge in [-0.15, -0.1) is 0 Å². The summed E-state index contributed by atoms with van der Waals surface area (Å²) in [7, 11) is 0. The fourth-order valence-electron chi connectivity index (χ4n) is 1.79. The van der Waals surface area contributed by atoms with Crippen LogP contribution in [0.1, 0.15) is 12.8 Å². The van der Waals surface area contributed by atoms with Crippen LogP contribution in [0, 0.1) is 0 Å². The zero-order chi connectivity index (χ0) is 10.8. The first kappa shape index (κ1) is 11.4. The number of pyridine rings is 1. The third-order valence-electron chi connectivity index (χ3n) is 2.48. The number of rotatable bonds is 1. The molecule has 1 atom stereocenters. The molecule has 1 saturated heterocycles. The molecule has 0 spiro atoms. The van der Waals surface area contributed by atoms with Crippen molar-refractivity contribution in [2.75, 3.05) is 18.0 Å². The van der Waals surface area contributed by atoms with Crippen molar-refractivity contribution < 1.29 is 5.11 Å². The van der Waals surface area contributed by atoms with E-state index in [9.17, 15) is 5.11 Å². The molecular weight excluding hydrogens is 324 g/mol. The fourth-order valence-corrected chi connectivity index (χ4v) is 3.03. The molecule has 82 valence electrons. The molecule has 0 aromatic carbocycles. The average molecular weight is 336 g/mol. The Hall–Kier alpha value is -0.130. The Morgan fingerprint density at radius 2 is 2.27 bits per heavy atom. The molecule has 15 heavy (non-hydrogen) atoms. The van der Waals surface area contributed by atoms with Crippen molar-refractivity contribution in [2.45, 2.75) is 18.9 Å². The van der Waals surface area contributed by atoms with E-state index >= 15 is 0 Å². The molecule has 2 heterocycles. The summed E-state index contributed by atoms with van der Waals surface area (Å²) in [6.07, 6.45) is 3.47. The highest BCUT2D eigenvalue weighted by Gasteiger charge is 2.20. The molecule has 0 bridgehead atoms. The number of aliphatic hydroxyl groups is 1. The molecule has 1 fully saturated rings. The standard InChI is InChI=1S/C10H12Br2N2O/c11-7-4-9(12)10(13-5-7)14-3-1-2-8(15)6-14/h4-5,8,15H,1-3,6H2. The molecule has 1 N–H and O–H groups in total. The molecule has 2 rings (SSSR count). The number of halogens is 2. The Labute approximate surface area is 106 Å². The van der Waals surface area contributed by atoms with Gasteiger partial charge in [-0.05, 0) is 50.8 Å². The Morgan fingerprint density at radius 1 is 1.47 bits per heavy atom. The van der Waals surface area contributed by atoms with Gasteiger partial charge in [0.1, 0.15) is 5.82 Å². The molecule has 1 aliphatic rings. The lowest BCUT2D eigenvalue weighted by molar-refractivity contribution is 0.154. The van der Waals surface area contributed by atoms with Crippen molar-refractivity contribution in [3.63, 3.8) is 0 Å². The Kier molecular flexibility index (Phi) is 3.64. The number of nitrogens with zero attached hydrogens (tertiary/aromatic N) is 2. The van der Waals surface area contributed by atoms with Crippen molar-refractivity contribution in [3.05, 3.63) is 21.2 Å². The van der Waals surface area contributed by atoms with Crippen LogP contribution in [0.5, 0.6) is 0 Å². The van der Waals surface area contributed by atoms with Crippen molar-refractivity contribution in [3.8, 4) is 0 Å². The van der Waals surface area contributed by atoms with Crippen LogP contribution >= 0.6 is 31.9 Å². The summed E-state index contributed by atoms with van der Waals surface area (Å²) in [5.74, 6) is 0.914. The lowest BCUT2D eigenvalue weighted by atomic mass is 10.1. The first-order valence-corrected chi connectivity index (χ1v) is 6.49. The maximum Gasteiger partial charge on any atom is 0.143 e. The zero-order valence-corrected chi connectivity index (χ0v) is 11.3. The van der Waals surface area contributed by atoms with E-state index in [2.05, 4.69) is 41.7 Å². The molecule has 3 nitrogen and oxygen atoms in total. The van der Waals surface area contributed by atoms with Gasteiger partial charge in [-0.1, -0.05) is 0 Å². The van der Waals surface area contributed by atoms with E-state index in [0.29, 0.717) is 6.54 Å².